The fraction of sp³-hybridized carbons (Fsp3) is 0.667. The number of nitrogens with zero attached hydrogens (tertiary/aromatic N) is 3. The standard InChI is InChI=1S/C15H23N3O3/c1-15(2,3)12-8-11(17(4)16-12)13(19)18-7-5-6-10(9-18)14(20)21/h8,10H,5-7,9H2,1-4H3,(H,20,21)/t10-/m0/s1. The normalized spacial score (nSPS) is 19.6. The second-order valence-electron chi connectivity index (χ2n) is 6.72. The summed E-state index contributed by atoms with van der Waals surface area (Å²) < 4.78 is 1.59. The van der Waals surface area contributed by atoms with Gasteiger partial charge < -0.3 is 10.0 Å². The van der Waals surface area contributed by atoms with Crippen molar-refractivity contribution in [3.05, 3.63) is 17.5 Å². The van der Waals surface area contributed by atoms with Crippen LogP contribution in [-0.4, -0.2) is 44.8 Å². The van der Waals surface area contributed by atoms with Gasteiger partial charge in [-0.05, 0) is 18.9 Å². The molecule has 116 valence electrons. The summed E-state index contributed by atoms with van der Waals surface area (Å²) in [5, 5.41) is 13.5. The lowest BCUT2D eigenvalue weighted by Gasteiger charge is -2.30. The van der Waals surface area contributed by atoms with E-state index in [1.54, 1.807) is 16.6 Å². The fourth-order valence-electron chi connectivity index (χ4n) is 2.56. The second kappa shape index (κ2) is 5.50. The molecule has 1 aromatic rings. The maximum atomic E-state index is 12.6. The van der Waals surface area contributed by atoms with E-state index < -0.39 is 11.9 Å². The van der Waals surface area contributed by atoms with Crippen LogP contribution in [0, 0.1) is 5.92 Å². The molecule has 1 N–H and O–H groups in total. The van der Waals surface area contributed by atoms with Gasteiger partial charge in [-0.3, -0.25) is 14.3 Å². The Bertz CT molecular complexity index is 557. The lowest BCUT2D eigenvalue weighted by atomic mass is 9.92. The van der Waals surface area contributed by atoms with E-state index in [4.69, 9.17) is 5.11 Å². The SMILES string of the molecule is Cn1nc(C(C)(C)C)cc1C(=O)N1CCC[C@H](C(=O)O)C1. The molecule has 0 bridgehead atoms. The molecule has 0 saturated carbocycles. The number of piperidine rings is 1. The van der Waals surface area contributed by atoms with Crippen LogP contribution in [0.3, 0.4) is 0 Å². The van der Waals surface area contributed by atoms with Gasteiger partial charge in [0.25, 0.3) is 5.91 Å². The number of hydrogen-bond donors (Lipinski definition) is 1. The highest BCUT2D eigenvalue weighted by molar-refractivity contribution is 5.93. The lowest BCUT2D eigenvalue weighted by Crippen LogP contribution is -2.42. The van der Waals surface area contributed by atoms with Gasteiger partial charge in [0.05, 0.1) is 11.6 Å². The number of carbonyl (C=O) groups is 2. The molecule has 6 heteroatoms. The molecular formula is C15H23N3O3. The maximum Gasteiger partial charge on any atom is 0.308 e. The molecule has 2 heterocycles. The zero-order valence-electron chi connectivity index (χ0n) is 13.1. The third-order valence-electron chi connectivity index (χ3n) is 3.93. The average molecular weight is 293 g/mol. The first kappa shape index (κ1) is 15.5. The Balaban J connectivity index is 2.20. The van der Waals surface area contributed by atoms with E-state index in [1.165, 1.54) is 0 Å². The van der Waals surface area contributed by atoms with Crippen LogP contribution in [0.15, 0.2) is 6.07 Å². The Morgan fingerprint density at radius 3 is 2.57 bits per heavy atom. The van der Waals surface area contributed by atoms with Gasteiger partial charge in [0.2, 0.25) is 0 Å². The molecule has 1 aliphatic rings. The Labute approximate surface area is 124 Å². The number of aryl methyl sites for hydroxylation is 1. The molecule has 1 fully saturated rings. The van der Waals surface area contributed by atoms with Crippen LogP contribution in [0.1, 0.15) is 49.8 Å². The smallest absolute Gasteiger partial charge is 0.308 e. The number of carboxylic acid groups (broad SMARTS) is 1. The molecule has 0 aliphatic carbocycles. The molecule has 1 atom stereocenters. The van der Waals surface area contributed by atoms with Crippen molar-refractivity contribution in [3.63, 3.8) is 0 Å². The summed E-state index contributed by atoms with van der Waals surface area (Å²) in [6, 6.07) is 1.81. The van der Waals surface area contributed by atoms with Crippen molar-refractivity contribution >= 4 is 11.9 Å². The summed E-state index contributed by atoms with van der Waals surface area (Å²) in [5.74, 6) is -1.42. The first-order valence-corrected chi connectivity index (χ1v) is 7.26. The summed E-state index contributed by atoms with van der Waals surface area (Å²) in [4.78, 5) is 25.3. The Morgan fingerprint density at radius 2 is 2.05 bits per heavy atom. The van der Waals surface area contributed by atoms with E-state index >= 15 is 0 Å². The topological polar surface area (TPSA) is 75.4 Å². The molecule has 6 nitrogen and oxygen atoms in total. The summed E-state index contributed by atoms with van der Waals surface area (Å²) in [7, 11) is 1.75. The minimum Gasteiger partial charge on any atom is -0.481 e. The highest BCUT2D eigenvalue weighted by Gasteiger charge is 2.30. The van der Waals surface area contributed by atoms with E-state index in [9.17, 15) is 9.59 Å². The second-order valence-corrected chi connectivity index (χ2v) is 6.72. The third-order valence-corrected chi connectivity index (χ3v) is 3.93. The number of carbonyl (C=O) groups excluding carboxylic acids is 1. The van der Waals surface area contributed by atoms with E-state index in [0.29, 0.717) is 18.7 Å². The van der Waals surface area contributed by atoms with Crippen LogP contribution < -0.4 is 0 Å². The van der Waals surface area contributed by atoms with Crippen molar-refractivity contribution in [2.45, 2.75) is 39.0 Å². The van der Waals surface area contributed by atoms with Crippen LogP contribution in [0.5, 0.6) is 0 Å². The predicted molar refractivity (Wildman–Crippen MR) is 78.2 cm³/mol. The van der Waals surface area contributed by atoms with Crippen molar-refractivity contribution in [1.29, 1.82) is 0 Å². The van der Waals surface area contributed by atoms with Gasteiger partial charge in [0.1, 0.15) is 5.69 Å². The van der Waals surface area contributed by atoms with Gasteiger partial charge in [-0.25, -0.2) is 0 Å². The zero-order chi connectivity index (χ0) is 15.8. The average Bonchev–Trinajstić information content (AvgIpc) is 2.80. The van der Waals surface area contributed by atoms with Gasteiger partial charge in [-0.15, -0.1) is 0 Å². The Kier molecular flexibility index (Phi) is 4.07. The van der Waals surface area contributed by atoms with E-state index in [2.05, 4.69) is 5.10 Å². The van der Waals surface area contributed by atoms with Gasteiger partial charge in [0.15, 0.2) is 0 Å². The number of hydrogen-bond acceptors (Lipinski definition) is 3. The van der Waals surface area contributed by atoms with Crippen molar-refractivity contribution < 1.29 is 14.7 Å². The number of aromatic nitrogens is 2. The van der Waals surface area contributed by atoms with Crippen molar-refractivity contribution in [2.75, 3.05) is 13.1 Å². The molecule has 21 heavy (non-hydrogen) atoms. The summed E-state index contributed by atoms with van der Waals surface area (Å²) >= 11 is 0. The summed E-state index contributed by atoms with van der Waals surface area (Å²) in [5.41, 5.74) is 1.26. The van der Waals surface area contributed by atoms with Crippen LogP contribution >= 0.6 is 0 Å². The monoisotopic (exact) mass is 293 g/mol. The zero-order valence-corrected chi connectivity index (χ0v) is 13.1. The molecular weight excluding hydrogens is 270 g/mol. The van der Waals surface area contributed by atoms with E-state index in [0.717, 1.165) is 12.1 Å². The van der Waals surface area contributed by atoms with E-state index in [1.807, 2.05) is 26.8 Å². The van der Waals surface area contributed by atoms with E-state index in [-0.39, 0.29) is 17.9 Å². The van der Waals surface area contributed by atoms with Gasteiger partial charge in [0, 0.05) is 25.6 Å². The molecule has 0 radical (unpaired) electrons. The molecule has 1 saturated heterocycles. The maximum absolute atomic E-state index is 12.6. The van der Waals surface area contributed by atoms with Gasteiger partial charge in [-0.2, -0.15) is 5.10 Å². The summed E-state index contributed by atoms with van der Waals surface area (Å²) in [6.45, 7) is 7.03. The number of rotatable bonds is 2. The van der Waals surface area contributed by atoms with Crippen molar-refractivity contribution in [2.24, 2.45) is 13.0 Å². The van der Waals surface area contributed by atoms with Crippen LogP contribution in [-0.2, 0) is 17.3 Å². The van der Waals surface area contributed by atoms with Gasteiger partial charge >= 0.3 is 5.97 Å². The molecule has 0 unspecified atom stereocenters. The molecule has 1 aromatic heterocycles. The van der Waals surface area contributed by atoms with Crippen molar-refractivity contribution in [1.82, 2.24) is 14.7 Å². The van der Waals surface area contributed by atoms with Crippen LogP contribution in [0.2, 0.25) is 0 Å². The van der Waals surface area contributed by atoms with Crippen molar-refractivity contribution in [3.8, 4) is 0 Å². The lowest BCUT2D eigenvalue weighted by molar-refractivity contribution is -0.143. The largest absolute Gasteiger partial charge is 0.481 e. The quantitative estimate of drug-likeness (QED) is 0.899. The Morgan fingerprint density at radius 1 is 1.38 bits per heavy atom. The molecule has 1 aliphatic heterocycles. The van der Waals surface area contributed by atoms with Crippen LogP contribution in [0.4, 0.5) is 0 Å². The fourth-order valence-corrected chi connectivity index (χ4v) is 2.56. The van der Waals surface area contributed by atoms with Crippen LogP contribution in [0.25, 0.3) is 0 Å². The van der Waals surface area contributed by atoms with Gasteiger partial charge in [-0.1, -0.05) is 20.8 Å². The number of likely N-dealkylation sites (tertiary alicyclic amines) is 1. The minimum absolute atomic E-state index is 0.123. The number of aliphatic carboxylic acids is 1. The molecule has 0 aromatic carbocycles. The molecule has 0 spiro atoms. The first-order valence-electron chi connectivity index (χ1n) is 7.26. The summed E-state index contributed by atoms with van der Waals surface area (Å²) in [6.07, 6.45) is 1.37. The molecule has 2 rings (SSSR count). The highest BCUT2D eigenvalue weighted by atomic mass is 16.4. The Hall–Kier alpha value is -1.85. The number of amides is 1. The minimum atomic E-state index is -0.826. The predicted octanol–water partition coefficient (Wildman–Crippen LogP) is 1.65. The number of carboxylic acids is 1. The third kappa shape index (κ3) is 3.25. The first-order chi connectivity index (χ1) is 9.70. The highest BCUT2D eigenvalue weighted by Crippen LogP contribution is 2.23. The molecule has 1 amide bonds.